The number of benzene rings is 2. The fourth-order valence-corrected chi connectivity index (χ4v) is 1.88. The molecule has 0 saturated carbocycles. The molecule has 3 rings (SSSR count). The van der Waals surface area contributed by atoms with E-state index in [9.17, 15) is 0 Å². The van der Waals surface area contributed by atoms with E-state index in [4.69, 9.17) is 15.6 Å². The Kier molecular flexibility index (Phi) is 5.30. The van der Waals surface area contributed by atoms with E-state index in [-0.39, 0.29) is 6.23 Å². The molecule has 4 N–H and O–H groups in total. The number of aliphatic hydroxyl groups is 1. The molecule has 1 aliphatic rings. The molecule has 1 aliphatic heterocycles. The summed E-state index contributed by atoms with van der Waals surface area (Å²) in [4.78, 5) is 0. The van der Waals surface area contributed by atoms with Crippen LogP contribution in [0.3, 0.4) is 0 Å². The second kappa shape index (κ2) is 7.21. The first-order valence-electron chi connectivity index (χ1n) is 6.45. The molecule has 1 fully saturated rings. The van der Waals surface area contributed by atoms with Gasteiger partial charge in [0.15, 0.2) is 0 Å². The van der Waals surface area contributed by atoms with Gasteiger partial charge in [0.1, 0.15) is 6.23 Å². The van der Waals surface area contributed by atoms with Crippen LogP contribution in [0.4, 0.5) is 0 Å². The summed E-state index contributed by atoms with van der Waals surface area (Å²) in [7, 11) is 0. The van der Waals surface area contributed by atoms with Crippen LogP contribution in [0, 0.1) is 0 Å². The largest absolute Gasteiger partial charge is 0.389 e. The first-order chi connectivity index (χ1) is 9.25. The number of hydrogen-bond acceptors (Lipinski definition) is 4. The number of β-amino-alcohol motifs (C(OH)–C–C–N with tert-alkyl or cyclic N) is 1. The van der Waals surface area contributed by atoms with Crippen LogP contribution in [0.1, 0.15) is 0 Å². The van der Waals surface area contributed by atoms with Crippen molar-refractivity contribution in [1.29, 1.82) is 0 Å². The summed E-state index contributed by atoms with van der Waals surface area (Å²) in [5.41, 5.74) is 5.40. The van der Waals surface area contributed by atoms with Crippen LogP contribution in [-0.2, 0) is 4.74 Å². The molecule has 0 radical (unpaired) electrons. The van der Waals surface area contributed by atoms with Gasteiger partial charge in [0, 0.05) is 13.1 Å². The molecule has 0 spiro atoms. The lowest BCUT2D eigenvalue weighted by Crippen LogP contribution is -2.33. The Hall–Kier alpha value is -1.46. The Morgan fingerprint density at radius 1 is 1.00 bits per heavy atom. The Labute approximate surface area is 113 Å². The predicted octanol–water partition coefficient (Wildman–Crippen LogP) is 1.09. The van der Waals surface area contributed by atoms with Crippen LogP contribution >= 0.6 is 0 Å². The third kappa shape index (κ3) is 4.61. The molecule has 2 unspecified atom stereocenters. The Morgan fingerprint density at radius 3 is 2.05 bits per heavy atom. The maximum atomic E-state index is 8.96. The van der Waals surface area contributed by atoms with Gasteiger partial charge in [-0.3, -0.25) is 0 Å². The lowest BCUT2D eigenvalue weighted by atomic mass is 10.1. The third-order valence-corrected chi connectivity index (χ3v) is 2.89. The van der Waals surface area contributed by atoms with Gasteiger partial charge < -0.3 is 20.9 Å². The van der Waals surface area contributed by atoms with E-state index in [1.165, 1.54) is 10.8 Å². The van der Waals surface area contributed by atoms with E-state index in [1.54, 1.807) is 0 Å². The summed E-state index contributed by atoms with van der Waals surface area (Å²) >= 11 is 0. The van der Waals surface area contributed by atoms with Crippen LogP contribution in [0.2, 0.25) is 0 Å². The van der Waals surface area contributed by atoms with Crippen molar-refractivity contribution in [1.82, 2.24) is 5.32 Å². The number of ether oxygens (including phenoxy) is 1. The Balaban J connectivity index is 0.000000141. The van der Waals surface area contributed by atoms with Crippen molar-refractivity contribution in [2.24, 2.45) is 5.73 Å². The molecule has 0 bridgehead atoms. The van der Waals surface area contributed by atoms with Crippen LogP contribution in [0.25, 0.3) is 10.8 Å². The quantitative estimate of drug-likeness (QED) is 0.663. The highest BCUT2D eigenvalue weighted by atomic mass is 16.5. The minimum atomic E-state index is -0.404. The van der Waals surface area contributed by atoms with E-state index >= 15 is 0 Å². The lowest BCUT2D eigenvalue weighted by Gasteiger charge is -2.07. The van der Waals surface area contributed by atoms with Crippen LogP contribution in [0.5, 0.6) is 0 Å². The lowest BCUT2D eigenvalue weighted by molar-refractivity contribution is 0.0165. The zero-order chi connectivity index (χ0) is 13.5. The molecule has 1 heterocycles. The summed E-state index contributed by atoms with van der Waals surface area (Å²) in [6, 6.07) is 16.7. The maximum absolute atomic E-state index is 8.96. The van der Waals surface area contributed by atoms with E-state index in [2.05, 4.69) is 53.8 Å². The van der Waals surface area contributed by atoms with Crippen molar-refractivity contribution in [3.63, 3.8) is 0 Å². The summed E-state index contributed by atoms with van der Waals surface area (Å²) in [5, 5.41) is 14.5. The minimum Gasteiger partial charge on any atom is -0.389 e. The molecule has 19 heavy (non-hydrogen) atoms. The second-order valence-electron chi connectivity index (χ2n) is 4.53. The maximum Gasteiger partial charge on any atom is 0.118 e. The highest BCUT2D eigenvalue weighted by Crippen LogP contribution is 2.11. The standard InChI is InChI=1S/C10H8.C5H12N2O2/c1-2-6-10-8-4-3-7-9(10)5-1;6-5-2-7-1-4(8)3-9-5/h1-8H;4-5,7-8H,1-3,6H2. The van der Waals surface area contributed by atoms with Gasteiger partial charge in [-0.25, -0.2) is 0 Å². The Bertz CT molecular complexity index is 429. The van der Waals surface area contributed by atoms with Gasteiger partial charge in [-0.1, -0.05) is 48.5 Å². The molecular weight excluding hydrogens is 240 g/mol. The molecular formula is C15H20N2O2. The predicted molar refractivity (Wildman–Crippen MR) is 76.8 cm³/mol. The highest BCUT2D eigenvalue weighted by Gasteiger charge is 2.12. The first-order valence-corrected chi connectivity index (χ1v) is 6.45. The fourth-order valence-electron chi connectivity index (χ4n) is 1.88. The molecule has 102 valence electrons. The van der Waals surface area contributed by atoms with E-state index in [1.807, 2.05) is 0 Å². The summed E-state index contributed by atoms with van der Waals surface area (Å²) in [6.45, 7) is 1.54. The van der Waals surface area contributed by atoms with Crippen molar-refractivity contribution in [3.8, 4) is 0 Å². The zero-order valence-electron chi connectivity index (χ0n) is 10.8. The smallest absolute Gasteiger partial charge is 0.118 e. The number of nitrogens with two attached hydrogens (primary N) is 1. The van der Waals surface area contributed by atoms with Crippen molar-refractivity contribution >= 4 is 10.8 Å². The van der Waals surface area contributed by atoms with Crippen LogP contribution in [-0.4, -0.2) is 37.1 Å². The van der Waals surface area contributed by atoms with Crippen molar-refractivity contribution in [3.05, 3.63) is 48.5 Å². The van der Waals surface area contributed by atoms with Gasteiger partial charge in [0.25, 0.3) is 0 Å². The molecule has 0 aliphatic carbocycles. The van der Waals surface area contributed by atoms with E-state index in [0.29, 0.717) is 19.7 Å². The molecule has 2 atom stereocenters. The number of rotatable bonds is 0. The number of hydrogen-bond donors (Lipinski definition) is 3. The topological polar surface area (TPSA) is 67.5 Å². The summed E-state index contributed by atoms with van der Waals surface area (Å²) in [6.07, 6.45) is -0.666. The molecule has 4 heteroatoms. The van der Waals surface area contributed by atoms with E-state index < -0.39 is 6.10 Å². The molecule has 4 nitrogen and oxygen atoms in total. The van der Waals surface area contributed by atoms with Crippen LogP contribution < -0.4 is 11.1 Å². The number of nitrogens with one attached hydrogen (secondary N) is 1. The van der Waals surface area contributed by atoms with Crippen LogP contribution in [0.15, 0.2) is 48.5 Å². The Morgan fingerprint density at radius 2 is 1.53 bits per heavy atom. The van der Waals surface area contributed by atoms with E-state index in [0.717, 1.165) is 0 Å². The summed E-state index contributed by atoms with van der Waals surface area (Å²) < 4.78 is 4.98. The van der Waals surface area contributed by atoms with Gasteiger partial charge in [-0.15, -0.1) is 0 Å². The summed E-state index contributed by atoms with van der Waals surface area (Å²) in [5.74, 6) is 0. The zero-order valence-corrected chi connectivity index (χ0v) is 10.8. The van der Waals surface area contributed by atoms with Gasteiger partial charge in [-0.05, 0) is 10.8 Å². The molecule has 2 aromatic carbocycles. The van der Waals surface area contributed by atoms with Crippen molar-refractivity contribution in [2.45, 2.75) is 12.3 Å². The normalized spacial score (nSPS) is 23.3. The van der Waals surface area contributed by atoms with Gasteiger partial charge in [0.2, 0.25) is 0 Å². The molecule has 0 amide bonds. The monoisotopic (exact) mass is 260 g/mol. The fraction of sp³-hybridized carbons (Fsp3) is 0.333. The number of fused-ring (bicyclic) bond motifs is 1. The highest BCUT2D eigenvalue weighted by molar-refractivity contribution is 5.81. The van der Waals surface area contributed by atoms with Gasteiger partial charge in [-0.2, -0.15) is 0 Å². The molecule has 0 aromatic heterocycles. The SMILES string of the molecule is NC1CNCC(O)CO1.c1ccc2ccccc2c1. The van der Waals surface area contributed by atoms with Gasteiger partial charge >= 0.3 is 0 Å². The second-order valence-corrected chi connectivity index (χ2v) is 4.53. The molecule has 1 saturated heterocycles. The third-order valence-electron chi connectivity index (χ3n) is 2.89. The van der Waals surface area contributed by atoms with Crippen molar-refractivity contribution in [2.75, 3.05) is 19.7 Å². The van der Waals surface area contributed by atoms with Gasteiger partial charge in [0.05, 0.1) is 12.7 Å². The average molecular weight is 260 g/mol. The minimum absolute atomic E-state index is 0.262. The average Bonchev–Trinajstić information content (AvgIpc) is 2.64. The molecule has 2 aromatic rings. The number of aliphatic hydroxyl groups excluding tert-OH is 1. The first kappa shape index (κ1) is 14.0. The van der Waals surface area contributed by atoms with Crippen molar-refractivity contribution < 1.29 is 9.84 Å².